The van der Waals surface area contributed by atoms with Crippen LogP contribution >= 0.6 is 10.8 Å². The third-order valence-electron chi connectivity index (χ3n) is 1.08. The van der Waals surface area contributed by atoms with Crippen LogP contribution < -0.4 is 5.73 Å². The lowest BCUT2D eigenvalue weighted by Gasteiger charge is -2.00. The Morgan fingerprint density at radius 1 is 1.67 bits per heavy atom. The first-order valence-electron chi connectivity index (χ1n) is 2.66. The van der Waals surface area contributed by atoms with Crippen molar-refractivity contribution in [1.29, 1.82) is 0 Å². The average molecular weight is 143 g/mol. The number of hydrogen-bond acceptors (Lipinski definition) is 2. The lowest BCUT2D eigenvalue weighted by molar-refractivity contribution is 0.668. The maximum absolute atomic E-state index is 8.92. The van der Waals surface area contributed by atoms with Crippen LogP contribution in [0.3, 0.4) is 0 Å². The van der Waals surface area contributed by atoms with E-state index in [1.807, 2.05) is 12.2 Å². The molecule has 1 aliphatic heterocycles. The van der Waals surface area contributed by atoms with E-state index in [9.17, 15) is 0 Å². The van der Waals surface area contributed by atoms with E-state index in [0.29, 0.717) is 6.54 Å². The van der Waals surface area contributed by atoms with Crippen molar-refractivity contribution >= 4 is 16.1 Å². The van der Waals surface area contributed by atoms with Crippen LogP contribution in [-0.4, -0.2) is 16.5 Å². The molecule has 1 rings (SSSR count). The Morgan fingerprint density at radius 3 is 2.89 bits per heavy atom. The van der Waals surface area contributed by atoms with Gasteiger partial charge in [0.2, 0.25) is 0 Å². The third-order valence-corrected chi connectivity index (χ3v) is 1.91. The lowest BCUT2D eigenvalue weighted by Crippen LogP contribution is -2.01. The molecule has 1 heterocycles. The van der Waals surface area contributed by atoms with Crippen molar-refractivity contribution in [1.82, 2.24) is 0 Å². The first-order chi connectivity index (χ1) is 4.33. The average Bonchev–Trinajstić information content (AvgIpc) is 1.90. The second-order valence-electron chi connectivity index (χ2n) is 1.73. The fraction of sp³-hybridized carbons (Fsp3) is 0.167. The zero-order chi connectivity index (χ0) is 6.69. The van der Waals surface area contributed by atoms with Crippen molar-refractivity contribution < 1.29 is 4.55 Å². The summed E-state index contributed by atoms with van der Waals surface area (Å²) >= 11 is 0. The van der Waals surface area contributed by atoms with Gasteiger partial charge in [0.05, 0.1) is 0 Å². The van der Waals surface area contributed by atoms with Gasteiger partial charge in [-0.1, -0.05) is 0 Å². The summed E-state index contributed by atoms with van der Waals surface area (Å²) in [5.41, 5.74) is 6.39. The van der Waals surface area contributed by atoms with E-state index in [1.54, 1.807) is 10.8 Å². The minimum absolute atomic E-state index is 0.546. The molecule has 0 spiro atoms. The van der Waals surface area contributed by atoms with E-state index in [1.165, 1.54) is 0 Å². The first kappa shape index (κ1) is 6.74. The highest BCUT2D eigenvalue weighted by Gasteiger charge is 1.91. The van der Waals surface area contributed by atoms with Gasteiger partial charge in [0, 0.05) is 6.54 Å². The molecule has 0 aliphatic carbocycles. The van der Waals surface area contributed by atoms with Gasteiger partial charge >= 0.3 is 0 Å². The molecule has 0 saturated heterocycles. The van der Waals surface area contributed by atoms with Crippen LogP contribution in [0.15, 0.2) is 23.1 Å². The summed E-state index contributed by atoms with van der Waals surface area (Å²) in [6.07, 6.45) is 3.70. The SMILES string of the molecule is NCC1=CC=S(O)C=C1. The fourth-order valence-electron chi connectivity index (χ4n) is 0.551. The summed E-state index contributed by atoms with van der Waals surface area (Å²) < 4.78 is 8.92. The Kier molecular flexibility index (Phi) is 2.22. The van der Waals surface area contributed by atoms with Gasteiger partial charge < -0.3 is 10.3 Å². The van der Waals surface area contributed by atoms with Gasteiger partial charge in [-0.25, -0.2) is 0 Å². The molecule has 1 aliphatic rings. The van der Waals surface area contributed by atoms with Crippen LogP contribution in [0, 0.1) is 0 Å². The van der Waals surface area contributed by atoms with Gasteiger partial charge in [-0.15, -0.1) is 0 Å². The van der Waals surface area contributed by atoms with Crippen LogP contribution in [0.25, 0.3) is 0 Å². The first-order valence-corrected chi connectivity index (χ1v) is 3.97. The van der Waals surface area contributed by atoms with E-state index in [4.69, 9.17) is 10.3 Å². The molecule has 1 unspecified atom stereocenters. The molecule has 0 amide bonds. The van der Waals surface area contributed by atoms with Crippen molar-refractivity contribution in [3.05, 3.63) is 23.1 Å². The molecule has 0 aromatic carbocycles. The van der Waals surface area contributed by atoms with Crippen LogP contribution in [0.4, 0.5) is 0 Å². The smallest absolute Gasteiger partial charge is 0.0178 e. The summed E-state index contributed by atoms with van der Waals surface area (Å²) in [7, 11) is -0.650. The van der Waals surface area contributed by atoms with Crippen LogP contribution in [-0.2, 0) is 0 Å². The normalized spacial score (nSPS) is 25.1. The zero-order valence-corrected chi connectivity index (χ0v) is 5.77. The Hall–Kier alpha value is -0.380. The van der Waals surface area contributed by atoms with Crippen molar-refractivity contribution in [3.63, 3.8) is 0 Å². The highest BCUT2D eigenvalue weighted by atomic mass is 32.2. The highest BCUT2D eigenvalue weighted by molar-refractivity contribution is 8.12. The number of rotatable bonds is 1. The van der Waals surface area contributed by atoms with E-state index < -0.39 is 10.8 Å². The van der Waals surface area contributed by atoms with Gasteiger partial charge in [0.15, 0.2) is 0 Å². The van der Waals surface area contributed by atoms with Gasteiger partial charge in [-0.05, 0) is 39.3 Å². The standard InChI is InChI=1S/C6H9NOS/c7-5-6-1-3-9(8)4-2-6/h1-4,8H,5,7H2. The second kappa shape index (κ2) is 2.96. The van der Waals surface area contributed by atoms with Crippen molar-refractivity contribution in [3.8, 4) is 0 Å². The van der Waals surface area contributed by atoms with Crippen LogP contribution in [0.2, 0.25) is 0 Å². The Bertz CT molecular complexity index is 193. The molecule has 1 atom stereocenters. The topological polar surface area (TPSA) is 46.2 Å². The van der Waals surface area contributed by atoms with Crippen molar-refractivity contribution in [2.45, 2.75) is 0 Å². The van der Waals surface area contributed by atoms with Gasteiger partial charge in [-0.3, -0.25) is 0 Å². The Labute approximate surface area is 56.8 Å². The van der Waals surface area contributed by atoms with Crippen LogP contribution in [0.5, 0.6) is 0 Å². The molecule has 0 bridgehead atoms. The van der Waals surface area contributed by atoms with E-state index in [0.717, 1.165) is 5.57 Å². The molecule has 3 N–H and O–H groups in total. The van der Waals surface area contributed by atoms with Gasteiger partial charge in [-0.2, -0.15) is 0 Å². The monoisotopic (exact) mass is 143 g/mol. The molecule has 0 saturated carbocycles. The highest BCUT2D eigenvalue weighted by Crippen LogP contribution is 2.13. The zero-order valence-electron chi connectivity index (χ0n) is 4.95. The third kappa shape index (κ3) is 1.78. The second-order valence-corrected chi connectivity index (χ2v) is 2.97. The summed E-state index contributed by atoms with van der Waals surface area (Å²) in [6.45, 7) is 0.546. The maximum Gasteiger partial charge on any atom is 0.0178 e. The van der Waals surface area contributed by atoms with E-state index in [-0.39, 0.29) is 0 Å². The van der Waals surface area contributed by atoms with E-state index in [2.05, 4.69) is 0 Å². The maximum atomic E-state index is 8.92. The van der Waals surface area contributed by atoms with Gasteiger partial charge in [0.1, 0.15) is 0 Å². The molecular formula is C6H9NOS. The molecule has 0 aromatic heterocycles. The predicted molar refractivity (Wildman–Crippen MR) is 42.6 cm³/mol. The number of allylic oxidation sites excluding steroid dienone is 1. The molecule has 3 heteroatoms. The molecule has 0 fully saturated rings. The number of nitrogens with two attached hydrogens (primary N) is 1. The molecule has 9 heavy (non-hydrogen) atoms. The minimum Gasteiger partial charge on any atom is -0.333 e. The Balaban J connectivity index is 2.75. The lowest BCUT2D eigenvalue weighted by atomic mass is 10.2. The van der Waals surface area contributed by atoms with Crippen molar-refractivity contribution in [2.24, 2.45) is 5.73 Å². The largest absolute Gasteiger partial charge is 0.333 e. The summed E-state index contributed by atoms with van der Waals surface area (Å²) in [5, 5.41) is 3.48. The predicted octanol–water partition coefficient (Wildman–Crippen LogP) is 0.943. The van der Waals surface area contributed by atoms with Crippen molar-refractivity contribution in [2.75, 3.05) is 6.54 Å². The number of hydrogen-bond donors (Lipinski definition) is 2. The molecule has 2 nitrogen and oxygen atoms in total. The Morgan fingerprint density at radius 2 is 2.44 bits per heavy atom. The fourth-order valence-corrected chi connectivity index (χ4v) is 1.27. The summed E-state index contributed by atoms with van der Waals surface area (Å²) in [5.74, 6) is 0. The van der Waals surface area contributed by atoms with E-state index >= 15 is 0 Å². The minimum atomic E-state index is -0.650. The van der Waals surface area contributed by atoms with Gasteiger partial charge in [0.25, 0.3) is 0 Å². The molecular weight excluding hydrogens is 134 g/mol. The van der Waals surface area contributed by atoms with Crippen LogP contribution in [0.1, 0.15) is 0 Å². The molecule has 50 valence electrons. The molecule has 0 aromatic rings. The quantitative estimate of drug-likeness (QED) is 0.537. The summed E-state index contributed by atoms with van der Waals surface area (Å²) in [4.78, 5) is 0. The summed E-state index contributed by atoms with van der Waals surface area (Å²) in [6, 6.07) is 0. The molecule has 0 radical (unpaired) electrons.